The molecule has 1 atom stereocenters. The molecule has 33 heavy (non-hydrogen) atoms. The van der Waals surface area contributed by atoms with Gasteiger partial charge in [0.25, 0.3) is 5.91 Å². The lowest BCUT2D eigenvalue weighted by Crippen LogP contribution is -2.43. The highest BCUT2D eigenvalue weighted by molar-refractivity contribution is 8.04. The maximum absolute atomic E-state index is 13.3. The fraction of sp³-hybridized carbons (Fsp3) is 0.385. The predicted molar refractivity (Wildman–Crippen MR) is 137 cm³/mol. The Labute approximate surface area is 205 Å². The first-order valence-corrected chi connectivity index (χ1v) is 12.7. The Morgan fingerprint density at radius 1 is 1.24 bits per heavy atom. The summed E-state index contributed by atoms with van der Waals surface area (Å²) in [6, 6.07) is 15.1. The lowest BCUT2D eigenvalue weighted by molar-refractivity contribution is -0.122. The summed E-state index contributed by atoms with van der Waals surface area (Å²) in [4.78, 5) is 31.6. The summed E-state index contributed by atoms with van der Waals surface area (Å²) in [5.41, 5.74) is 1.63. The first-order valence-electron chi connectivity index (χ1n) is 11.5. The number of nitrogens with one attached hydrogen (secondary N) is 1. The number of thioether (sulfide) groups is 1. The van der Waals surface area contributed by atoms with E-state index in [0.29, 0.717) is 16.5 Å². The number of likely N-dealkylation sites (tertiary alicyclic amines) is 1. The number of hydrogen-bond acceptors (Lipinski definition) is 4. The molecule has 0 spiro atoms. The van der Waals surface area contributed by atoms with Crippen LogP contribution < -0.4 is 10.2 Å². The minimum Gasteiger partial charge on any atom is -0.355 e. The molecule has 7 heteroatoms. The quantitative estimate of drug-likeness (QED) is 0.442. The van der Waals surface area contributed by atoms with Gasteiger partial charge in [-0.2, -0.15) is 0 Å². The van der Waals surface area contributed by atoms with Gasteiger partial charge in [-0.25, -0.2) is 0 Å². The summed E-state index contributed by atoms with van der Waals surface area (Å²) in [6.45, 7) is 6.22. The van der Waals surface area contributed by atoms with Gasteiger partial charge in [0.15, 0.2) is 0 Å². The average Bonchev–Trinajstić information content (AvgIpc) is 2.79. The molecule has 2 aliphatic heterocycles. The van der Waals surface area contributed by atoms with Crippen LogP contribution in [0.15, 0.2) is 58.3 Å². The largest absolute Gasteiger partial charge is 0.355 e. The summed E-state index contributed by atoms with van der Waals surface area (Å²) in [7, 11) is 0. The third-order valence-corrected chi connectivity index (χ3v) is 7.31. The molecule has 2 aromatic carbocycles. The van der Waals surface area contributed by atoms with Crippen LogP contribution in [0.4, 0.5) is 5.69 Å². The molecule has 0 aliphatic carbocycles. The van der Waals surface area contributed by atoms with Crippen LogP contribution in [0.3, 0.4) is 0 Å². The molecule has 5 nitrogen and oxygen atoms in total. The molecule has 2 aliphatic rings. The molecule has 1 N–H and O–H groups in total. The van der Waals surface area contributed by atoms with Gasteiger partial charge in [-0.1, -0.05) is 54.6 Å². The van der Waals surface area contributed by atoms with Gasteiger partial charge in [0.1, 0.15) is 6.54 Å². The van der Waals surface area contributed by atoms with Gasteiger partial charge in [0.05, 0.1) is 10.6 Å². The molecular weight excluding hydrogens is 454 g/mol. The molecule has 0 bridgehead atoms. The number of benzene rings is 2. The van der Waals surface area contributed by atoms with Gasteiger partial charge < -0.3 is 10.2 Å². The fourth-order valence-electron chi connectivity index (χ4n) is 4.39. The van der Waals surface area contributed by atoms with Crippen LogP contribution >= 0.6 is 23.4 Å². The molecule has 1 saturated heterocycles. The van der Waals surface area contributed by atoms with E-state index in [-0.39, 0.29) is 18.4 Å². The smallest absolute Gasteiger partial charge is 0.265 e. The zero-order valence-corrected chi connectivity index (χ0v) is 20.5. The number of piperidine rings is 1. The van der Waals surface area contributed by atoms with Crippen molar-refractivity contribution < 1.29 is 9.59 Å². The van der Waals surface area contributed by atoms with Crippen molar-refractivity contribution in [3.63, 3.8) is 0 Å². The number of amides is 2. The van der Waals surface area contributed by atoms with Gasteiger partial charge in [-0.3, -0.25) is 14.5 Å². The summed E-state index contributed by atoms with van der Waals surface area (Å²) in [5.74, 6) is 0.445. The highest BCUT2D eigenvalue weighted by Gasteiger charge is 2.30. The second-order valence-corrected chi connectivity index (χ2v) is 10.3. The maximum Gasteiger partial charge on any atom is 0.265 e. The third kappa shape index (κ3) is 6.40. The molecule has 2 heterocycles. The van der Waals surface area contributed by atoms with Crippen LogP contribution in [0.2, 0.25) is 5.02 Å². The molecule has 4 rings (SSSR count). The highest BCUT2D eigenvalue weighted by Crippen LogP contribution is 2.42. The zero-order valence-electron chi connectivity index (χ0n) is 18.9. The van der Waals surface area contributed by atoms with Gasteiger partial charge in [-0.15, -0.1) is 0 Å². The zero-order chi connectivity index (χ0) is 23.2. The van der Waals surface area contributed by atoms with Crippen molar-refractivity contribution in [2.24, 2.45) is 5.92 Å². The molecule has 2 amide bonds. The molecule has 2 aromatic rings. The average molecular weight is 484 g/mol. The van der Waals surface area contributed by atoms with Crippen LogP contribution in [-0.2, 0) is 9.59 Å². The number of rotatable bonds is 7. The lowest BCUT2D eigenvalue weighted by Gasteiger charge is -2.31. The van der Waals surface area contributed by atoms with Crippen LogP contribution in [0.5, 0.6) is 0 Å². The first-order chi connectivity index (χ1) is 16.0. The van der Waals surface area contributed by atoms with E-state index in [9.17, 15) is 9.59 Å². The Bertz CT molecular complexity index is 1040. The van der Waals surface area contributed by atoms with E-state index in [1.807, 2.05) is 48.5 Å². The number of hydrogen-bond donors (Lipinski definition) is 1. The van der Waals surface area contributed by atoms with Gasteiger partial charge in [0, 0.05) is 23.0 Å². The van der Waals surface area contributed by atoms with Crippen LogP contribution in [-0.4, -0.2) is 49.4 Å². The Morgan fingerprint density at radius 3 is 2.91 bits per heavy atom. The van der Waals surface area contributed by atoms with Gasteiger partial charge in [-0.05, 0) is 74.2 Å². The van der Waals surface area contributed by atoms with Crippen LogP contribution in [0.25, 0.3) is 6.08 Å². The van der Waals surface area contributed by atoms with E-state index in [1.54, 1.807) is 11.0 Å². The number of fused-ring (bicyclic) bond motifs is 1. The molecule has 0 radical (unpaired) electrons. The number of para-hydroxylation sites is 1. The highest BCUT2D eigenvalue weighted by atomic mass is 35.5. The van der Waals surface area contributed by atoms with Crippen molar-refractivity contribution in [3.8, 4) is 0 Å². The number of carbonyl (C=O) groups is 2. The molecule has 0 aromatic heterocycles. The Kier molecular flexibility index (Phi) is 8.12. The number of anilines is 1. The minimum atomic E-state index is -0.170. The third-order valence-electron chi connectivity index (χ3n) is 5.99. The number of carbonyl (C=O) groups excluding carboxylic acids is 2. The molecule has 0 unspecified atom stereocenters. The van der Waals surface area contributed by atoms with E-state index in [0.717, 1.165) is 48.1 Å². The van der Waals surface area contributed by atoms with Crippen molar-refractivity contribution in [3.05, 3.63) is 64.0 Å². The van der Waals surface area contributed by atoms with Crippen LogP contribution in [0, 0.1) is 5.92 Å². The maximum atomic E-state index is 13.3. The molecular formula is C26H30ClN3O2S. The van der Waals surface area contributed by atoms with Crippen molar-refractivity contribution >= 4 is 46.9 Å². The van der Waals surface area contributed by atoms with E-state index in [4.69, 9.17) is 11.6 Å². The first kappa shape index (κ1) is 23.9. The predicted octanol–water partition coefficient (Wildman–Crippen LogP) is 5.06. The van der Waals surface area contributed by atoms with Gasteiger partial charge >= 0.3 is 0 Å². The SMILES string of the molecule is C[C@@H]1CCCN(CCCNC(=O)CN2C(=O)/C(=C\c3cccc(Cl)c3)Sc3ccccc32)C1. The van der Waals surface area contributed by atoms with Crippen molar-refractivity contribution in [2.45, 2.75) is 31.1 Å². The topological polar surface area (TPSA) is 52.7 Å². The molecule has 174 valence electrons. The Balaban J connectivity index is 1.39. The van der Waals surface area contributed by atoms with E-state index in [2.05, 4.69) is 17.1 Å². The van der Waals surface area contributed by atoms with E-state index in [1.165, 1.54) is 24.6 Å². The lowest BCUT2D eigenvalue weighted by atomic mass is 10.0. The molecule has 0 saturated carbocycles. The minimum absolute atomic E-state index is 0.00401. The Hall–Kier alpha value is -2.28. The van der Waals surface area contributed by atoms with Crippen molar-refractivity contribution in [2.75, 3.05) is 37.6 Å². The van der Waals surface area contributed by atoms with Crippen molar-refractivity contribution in [1.29, 1.82) is 0 Å². The fourth-order valence-corrected chi connectivity index (χ4v) is 5.64. The second kappa shape index (κ2) is 11.2. The monoisotopic (exact) mass is 483 g/mol. The summed E-state index contributed by atoms with van der Waals surface area (Å²) in [5, 5.41) is 3.62. The van der Waals surface area contributed by atoms with E-state index >= 15 is 0 Å². The van der Waals surface area contributed by atoms with Crippen LogP contribution in [0.1, 0.15) is 31.7 Å². The Morgan fingerprint density at radius 2 is 2.09 bits per heavy atom. The second-order valence-electron chi connectivity index (χ2n) is 8.78. The normalized spacial score (nSPS) is 20.1. The number of nitrogens with zero attached hydrogens (tertiary/aromatic N) is 2. The number of halogens is 1. The van der Waals surface area contributed by atoms with E-state index < -0.39 is 0 Å². The molecule has 1 fully saturated rings. The summed E-state index contributed by atoms with van der Waals surface area (Å²) >= 11 is 7.53. The summed E-state index contributed by atoms with van der Waals surface area (Å²) < 4.78 is 0. The standard InChI is InChI=1S/C26H30ClN3O2S/c1-19-7-5-13-29(17-19)14-6-12-28-25(31)18-30-22-10-2-3-11-23(22)33-24(26(30)32)16-20-8-4-9-21(27)15-20/h2-4,8-11,15-16,19H,5-7,12-14,17-18H2,1H3,(H,28,31)/b24-16+/t19-/m1/s1. The van der Waals surface area contributed by atoms with Crippen molar-refractivity contribution in [1.82, 2.24) is 10.2 Å². The summed E-state index contributed by atoms with van der Waals surface area (Å²) in [6.07, 6.45) is 5.32. The van der Waals surface area contributed by atoms with Gasteiger partial charge in [0.2, 0.25) is 5.91 Å².